The molecule has 4 heteroatoms. The number of hydrogen-bond acceptors (Lipinski definition) is 4. The number of hydrogen-bond donors (Lipinski definition) is 0. The van der Waals surface area contributed by atoms with Crippen LogP contribution in [0.1, 0.15) is 53.4 Å². The highest BCUT2D eigenvalue weighted by molar-refractivity contribution is 5.95. The lowest BCUT2D eigenvalue weighted by Gasteiger charge is -2.22. The predicted molar refractivity (Wildman–Crippen MR) is 70.1 cm³/mol. The van der Waals surface area contributed by atoms with E-state index >= 15 is 0 Å². The highest BCUT2D eigenvalue weighted by Gasteiger charge is 2.35. The Morgan fingerprint density at radius 2 is 1.44 bits per heavy atom. The summed E-state index contributed by atoms with van der Waals surface area (Å²) in [5.74, 6) is -1.64. The maximum absolute atomic E-state index is 11.9. The number of unbranched alkanes of at least 4 members (excludes halogenated alkanes) is 1. The molecule has 1 unspecified atom stereocenters. The first-order valence-electron chi connectivity index (χ1n) is 6.95. The fourth-order valence-corrected chi connectivity index (χ4v) is 2.02. The van der Waals surface area contributed by atoms with E-state index in [1.165, 1.54) is 0 Å². The van der Waals surface area contributed by atoms with Gasteiger partial charge in [0.15, 0.2) is 5.92 Å². The molecule has 0 spiro atoms. The summed E-state index contributed by atoms with van der Waals surface area (Å²) < 4.78 is 9.99. The highest BCUT2D eigenvalue weighted by atomic mass is 16.6. The van der Waals surface area contributed by atoms with Crippen molar-refractivity contribution in [2.75, 3.05) is 13.2 Å². The molecule has 106 valence electrons. The SMILES string of the molecule is CCCCC(CC)C(C(=O)OCC)C(=O)OCC. The summed E-state index contributed by atoms with van der Waals surface area (Å²) in [6.07, 6.45) is 3.69. The fourth-order valence-electron chi connectivity index (χ4n) is 2.02. The Morgan fingerprint density at radius 1 is 0.944 bits per heavy atom. The van der Waals surface area contributed by atoms with Crippen molar-refractivity contribution in [1.29, 1.82) is 0 Å². The van der Waals surface area contributed by atoms with Gasteiger partial charge in [-0.2, -0.15) is 0 Å². The molecular weight excluding hydrogens is 232 g/mol. The van der Waals surface area contributed by atoms with Crippen LogP contribution in [0.3, 0.4) is 0 Å². The van der Waals surface area contributed by atoms with E-state index in [0.717, 1.165) is 25.7 Å². The quantitative estimate of drug-likeness (QED) is 0.471. The van der Waals surface area contributed by atoms with Crippen LogP contribution < -0.4 is 0 Å². The average Bonchev–Trinajstić information content (AvgIpc) is 2.34. The van der Waals surface area contributed by atoms with Crippen LogP contribution in [-0.2, 0) is 19.1 Å². The second kappa shape index (κ2) is 9.92. The number of rotatable bonds is 9. The van der Waals surface area contributed by atoms with E-state index in [1.54, 1.807) is 13.8 Å². The van der Waals surface area contributed by atoms with E-state index in [4.69, 9.17) is 9.47 Å². The van der Waals surface area contributed by atoms with Crippen molar-refractivity contribution in [3.8, 4) is 0 Å². The molecule has 18 heavy (non-hydrogen) atoms. The minimum atomic E-state index is -0.763. The van der Waals surface area contributed by atoms with E-state index in [-0.39, 0.29) is 5.92 Å². The van der Waals surface area contributed by atoms with Gasteiger partial charge in [-0.15, -0.1) is 0 Å². The van der Waals surface area contributed by atoms with Crippen molar-refractivity contribution in [3.05, 3.63) is 0 Å². The maximum Gasteiger partial charge on any atom is 0.320 e. The Morgan fingerprint density at radius 3 is 1.78 bits per heavy atom. The van der Waals surface area contributed by atoms with Gasteiger partial charge in [-0.05, 0) is 26.2 Å². The molecule has 0 amide bonds. The fraction of sp³-hybridized carbons (Fsp3) is 0.857. The third-order valence-corrected chi connectivity index (χ3v) is 3.01. The Hall–Kier alpha value is -1.06. The number of ether oxygens (including phenoxy) is 2. The maximum atomic E-state index is 11.9. The molecule has 0 aromatic carbocycles. The van der Waals surface area contributed by atoms with Crippen LogP contribution >= 0.6 is 0 Å². The van der Waals surface area contributed by atoms with Crippen molar-refractivity contribution in [1.82, 2.24) is 0 Å². The number of carbonyl (C=O) groups is 2. The molecule has 0 aromatic heterocycles. The molecule has 0 aromatic rings. The lowest BCUT2D eigenvalue weighted by molar-refractivity contribution is -0.164. The molecule has 0 heterocycles. The summed E-state index contributed by atoms with van der Waals surface area (Å²) in [6, 6.07) is 0. The van der Waals surface area contributed by atoms with E-state index in [9.17, 15) is 9.59 Å². The first-order chi connectivity index (χ1) is 8.62. The lowest BCUT2D eigenvalue weighted by atomic mass is 9.86. The molecule has 0 N–H and O–H groups in total. The van der Waals surface area contributed by atoms with Gasteiger partial charge in [0.05, 0.1) is 13.2 Å². The predicted octanol–water partition coefficient (Wildman–Crippen LogP) is 2.95. The van der Waals surface area contributed by atoms with Gasteiger partial charge >= 0.3 is 11.9 Å². The Kier molecular flexibility index (Phi) is 9.33. The van der Waals surface area contributed by atoms with Crippen LogP contribution in [0.5, 0.6) is 0 Å². The third-order valence-electron chi connectivity index (χ3n) is 3.01. The monoisotopic (exact) mass is 258 g/mol. The summed E-state index contributed by atoms with van der Waals surface area (Å²) in [6.45, 7) is 8.15. The highest BCUT2D eigenvalue weighted by Crippen LogP contribution is 2.25. The zero-order valence-corrected chi connectivity index (χ0v) is 12.0. The van der Waals surface area contributed by atoms with Gasteiger partial charge in [-0.1, -0.05) is 33.1 Å². The van der Waals surface area contributed by atoms with Gasteiger partial charge in [0.1, 0.15) is 0 Å². The molecule has 0 aliphatic rings. The molecule has 0 bridgehead atoms. The summed E-state index contributed by atoms with van der Waals surface area (Å²) in [4.78, 5) is 23.8. The van der Waals surface area contributed by atoms with Crippen LogP contribution in [-0.4, -0.2) is 25.2 Å². The van der Waals surface area contributed by atoms with Crippen LogP contribution in [0.25, 0.3) is 0 Å². The van der Waals surface area contributed by atoms with Gasteiger partial charge in [0, 0.05) is 0 Å². The standard InChI is InChI=1S/C14H26O4/c1-5-9-10-11(6-2)12(13(15)17-7-3)14(16)18-8-4/h11-12H,5-10H2,1-4H3. The van der Waals surface area contributed by atoms with Crippen LogP contribution in [0.2, 0.25) is 0 Å². The van der Waals surface area contributed by atoms with Gasteiger partial charge in [0.25, 0.3) is 0 Å². The van der Waals surface area contributed by atoms with Crippen molar-refractivity contribution >= 4 is 11.9 Å². The molecule has 1 atom stereocenters. The number of carbonyl (C=O) groups excluding carboxylic acids is 2. The largest absolute Gasteiger partial charge is 0.465 e. The average molecular weight is 258 g/mol. The molecule has 0 aliphatic heterocycles. The second-order valence-electron chi connectivity index (χ2n) is 4.29. The molecular formula is C14H26O4. The van der Waals surface area contributed by atoms with Gasteiger partial charge in [0.2, 0.25) is 0 Å². The lowest BCUT2D eigenvalue weighted by Crippen LogP contribution is -2.34. The van der Waals surface area contributed by atoms with Gasteiger partial charge in [-0.3, -0.25) is 9.59 Å². The molecule has 0 saturated carbocycles. The summed E-state index contributed by atoms with van der Waals surface area (Å²) >= 11 is 0. The smallest absolute Gasteiger partial charge is 0.320 e. The third kappa shape index (κ3) is 5.52. The molecule has 0 aliphatic carbocycles. The first kappa shape index (κ1) is 16.9. The molecule has 0 rings (SSSR count). The topological polar surface area (TPSA) is 52.6 Å². The Balaban J connectivity index is 4.79. The van der Waals surface area contributed by atoms with Crippen LogP contribution in [0.15, 0.2) is 0 Å². The van der Waals surface area contributed by atoms with Crippen molar-refractivity contribution in [3.63, 3.8) is 0 Å². The normalized spacial score (nSPS) is 12.3. The van der Waals surface area contributed by atoms with Crippen LogP contribution in [0.4, 0.5) is 0 Å². The molecule has 0 radical (unpaired) electrons. The van der Waals surface area contributed by atoms with Crippen molar-refractivity contribution in [2.24, 2.45) is 11.8 Å². The molecule has 0 fully saturated rings. The van der Waals surface area contributed by atoms with E-state index in [0.29, 0.717) is 13.2 Å². The molecule has 4 nitrogen and oxygen atoms in total. The summed E-state index contributed by atoms with van der Waals surface area (Å²) in [7, 11) is 0. The zero-order chi connectivity index (χ0) is 14.0. The minimum Gasteiger partial charge on any atom is -0.465 e. The summed E-state index contributed by atoms with van der Waals surface area (Å²) in [5, 5.41) is 0. The van der Waals surface area contributed by atoms with Gasteiger partial charge in [-0.25, -0.2) is 0 Å². The number of esters is 2. The van der Waals surface area contributed by atoms with E-state index in [1.807, 2.05) is 6.92 Å². The summed E-state index contributed by atoms with van der Waals surface area (Å²) in [5.41, 5.74) is 0. The molecule has 0 saturated heterocycles. The van der Waals surface area contributed by atoms with E-state index in [2.05, 4.69) is 6.92 Å². The van der Waals surface area contributed by atoms with Crippen molar-refractivity contribution in [2.45, 2.75) is 53.4 Å². The van der Waals surface area contributed by atoms with Crippen molar-refractivity contribution < 1.29 is 19.1 Å². The second-order valence-corrected chi connectivity index (χ2v) is 4.29. The van der Waals surface area contributed by atoms with E-state index < -0.39 is 17.9 Å². The van der Waals surface area contributed by atoms with Gasteiger partial charge < -0.3 is 9.47 Å². The van der Waals surface area contributed by atoms with Crippen LogP contribution in [0, 0.1) is 11.8 Å². The Bertz CT molecular complexity index is 232. The Labute approximate surface area is 110 Å². The first-order valence-corrected chi connectivity index (χ1v) is 6.95. The minimum absolute atomic E-state index is 0.0167. The zero-order valence-electron chi connectivity index (χ0n) is 12.0.